The van der Waals surface area contributed by atoms with Crippen LogP contribution >= 0.6 is 11.6 Å². The number of rotatable bonds is 5. The third-order valence-corrected chi connectivity index (χ3v) is 4.26. The summed E-state index contributed by atoms with van der Waals surface area (Å²) < 4.78 is 55.9. The lowest BCUT2D eigenvalue weighted by molar-refractivity contribution is -0.152. The molecule has 0 radical (unpaired) electrons. The van der Waals surface area contributed by atoms with E-state index in [4.69, 9.17) is 25.5 Å². The van der Waals surface area contributed by atoms with Gasteiger partial charge in [-0.15, -0.1) is 0 Å². The minimum Gasteiger partial charge on any atom is -0.482 e. The normalized spacial score (nSPS) is 11.5. The number of alkyl halides is 3. The van der Waals surface area contributed by atoms with Gasteiger partial charge in [-0.3, -0.25) is 4.79 Å². The molecule has 0 aliphatic carbocycles. The highest BCUT2D eigenvalue weighted by Crippen LogP contribution is 2.39. The molecule has 0 spiro atoms. The Morgan fingerprint density at radius 3 is 2.55 bits per heavy atom. The fourth-order valence-electron chi connectivity index (χ4n) is 2.72. The Morgan fingerprint density at radius 1 is 1.17 bits per heavy atom. The van der Waals surface area contributed by atoms with E-state index in [2.05, 4.69) is 0 Å². The van der Waals surface area contributed by atoms with Crippen molar-refractivity contribution in [3.05, 3.63) is 63.5 Å². The largest absolute Gasteiger partial charge is 0.482 e. The number of hydrogen-bond donors (Lipinski definition) is 0. The summed E-state index contributed by atoms with van der Waals surface area (Å²) in [6.07, 6.45) is -4.94. The maximum absolute atomic E-state index is 13.6. The van der Waals surface area contributed by atoms with E-state index >= 15 is 0 Å². The van der Waals surface area contributed by atoms with E-state index in [1.807, 2.05) is 0 Å². The lowest BCUT2D eigenvalue weighted by atomic mass is 10.0. The van der Waals surface area contributed by atoms with Crippen LogP contribution in [-0.4, -0.2) is 19.2 Å². The van der Waals surface area contributed by atoms with Gasteiger partial charge < -0.3 is 13.9 Å². The summed E-state index contributed by atoms with van der Waals surface area (Å²) in [5, 5.41) is -0.101. The fourth-order valence-corrected chi connectivity index (χ4v) is 2.95. The van der Waals surface area contributed by atoms with Gasteiger partial charge >= 0.3 is 12.1 Å². The van der Waals surface area contributed by atoms with Gasteiger partial charge in [0.05, 0.1) is 17.6 Å². The zero-order valence-electron chi connectivity index (χ0n) is 15.0. The number of hydrogen-bond acceptors (Lipinski definition) is 5. The lowest BCUT2D eigenvalue weighted by Gasteiger charge is -2.14. The smallest absolute Gasteiger partial charge is 0.450 e. The molecule has 0 saturated heterocycles. The van der Waals surface area contributed by atoms with E-state index in [1.54, 1.807) is 6.92 Å². The second kappa shape index (κ2) is 8.16. The molecule has 0 unspecified atom stereocenters. The van der Waals surface area contributed by atoms with Crippen molar-refractivity contribution in [3.8, 4) is 16.9 Å². The molecule has 5 nitrogen and oxygen atoms in total. The molecule has 0 fully saturated rings. The second-order valence-corrected chi connectivity index (χ2v) is 6.27. The molecule has 0 N–H and O–H groups in total. The van der Waals surface area contributed by atoms with Gasteiger partial charge in [0.2, 0.25) is 11.2 Å². The molecule has 0 aliphatic heterocycles. The Bertz CT molecular complexity index is 1120. The van der Waals surface area contributed by atoms with Crippen LogP contribution in [0.4, 0.5) is 13.2 Å². The number of carbonyl (C=O) groups excluding carboxylic acids is 1. The maximum Gasteiger partial charge on any atom is 0.450 e. The highest BCUT2D eigenvalue weighted by atomic mass is 35.5. The van der Waals surface area contributed by atoms with Crippen molar-refractivity contribution in [1.29, 1.82) is 0 Å². The average Bonchev–Trinajstić information content (AvgIpc) is 2.66. The molecule has 0 bridgehead atoms. The van der Waals surface area contributed by atoms with Crippen molar-refractivity contribution in [2.75, 3.05) is 13.2 Å². The highest BCUT2D eigenvalue weighted by molar-refractivity contribution is 6.33. The summed E-state index contributed by atoms with van der Waals surface area (Å²) in [5.41, 5.74) is -1.97. The second-order valence-electron chi connectivity index (χ2n) is 5.86. The molecule has 0 atom stereocenters. The van der Waals surface area contributed by atoms with Crippen LogP contribution in [0, 0.1) is 0 Å². The van der Waals surface area contributed by atoms with Crippen molar-refractivity contribution in [3.63, 3.8) is 0 Å². The van der Waals surface area contributed by atoms with Crippen LogP contribution in [0.2, 0.25) is 5.02 Å². The molecule has 1 heterocycles. The number of esters is 1. The van der Waals surface area contributed by atoms with Gasteiger partial charge in [0.25, 0.3) is 0 Å². The zero-order chi connectivity index (χ0) is 21.2. The van der Waals surface area contributed by atoms with E-state index in [1.165, 1.54) is 36.4 Å². The third-order valence-electron chi connectivity index (χ3n) is 3.93. The SMILES string of the molecule is CCOC(=O)COc1ccc2c(=O)c(-c3ccccc3Cl)c(C(F)(F)F)oc2c1. The van der Waals surface area contributed by atoms with Gasteiger partial charge in [-0.1, -0.05) is 29.8 Å². The Morgan fingerprint density at radius 2 is 1.90 bits per heavy atom. The third kappa shape index (κ3) is 4.37. The average molecular weight is 427 g/mol. The van der Waals surface area contributed by atoms with Crippen LogP contribution in [0.25, 0.3) is 22.1 Å². The highest BCUT2D eigenvalue weighted by Gasteiger charge is 2.39. The minimum atomic E-state index is -4.94. The molecule has 0 saturated carbocycles. The van der Waals surface area contributed by atoms with Gasteiger partial charge in [-0.25, -0.2) is 4.79 Å². The molecular formula is C20H14ClF3O5. The van der Waals surface area contributed by atoms with Gasteiger partial charge in [0.1, 0.15) is 11.3 Å². The van der Waals surface area contributed by atoms with Crippen LogP contribution in [0.1, 0.15) is 12.7 Å². The Balaban J connectivity index is 2.15. The summed E-state index contributed by atoms with van der Waals surface area (Å²) in [5.74, 6) is -2.06. The number of ether oxygens (including phenoxy) is 2. The number of halogens is 4. The first-order chi connectivity index (χ1) is 13.7. The standard InChI is InChI=1S/C20H14ClF3O5/c1-2-27-16(25)10-28-11-7-8-13-15(9-11)29-19(20(22,23)24)17(18(13)26)12-5-3-4-6-14(12)21/h3-9H,2,10H2,1H3. The van der Waals surface area contributed by atoms with Crippen LogP contribution in [0.15, 0.2) is 51.7 Å². The first kappa shape index (κ1) is 20.7. The molecule has 0 amide bonds. The van der Waals surface area contributed by atoms with Gasteiger partial charge in [-0.2, -0.15) is 13.2 Å². The van der Waals surface area contributed by atoms with Gasteiger partial charge in [0.15, 0.2) is 6.61 Å². The first-order valence-corrected chi connectivity index (χ1v) is 8.81. The predicted octanol–water partition coefficient (Wildman–Crippen LogP) is 5.07. The summed E-state index contributed by atoms with van der Waals surface area (Å²) >= 11 is 6.01. The maximum atomic E-state index is 13.6. The molecule has 9 heteroatoms. The summed E-state index contributed by atoms with van der Waals surface area (Å²) in [4.78, 5) is 24.2. The van der Waals surface area contributed by atoms with E-state index < -0.39 is 35.5 Å². The summed E-state index contributed by atoms with van der Waals surface area (Å²) in [6.45, 7) is 1.35. The molecule has 152 valence electrons. The molecule has 29 heavy (non-hydrogen) atoms. The van der Waals surface area contributed by atoms with Crippen molar-refractivity contribution in [2.24, 2.45) is 0 Å². The summed E-state index contributed by atoms with van der Waals surface area (Å²) in [7, 11) is 0. The first-order valence-electron chi connectivity index (χ1n) is 8.43. The quantitative estimate of drug-likeness (QED) is 0.533. The van der Waals surface area contributed by atoms with Gasteiger partial charge in [0, 0.05) is 16.7 Å². The van der Waals surface area contributed by atoms with Crippen molar-refractivity contribution < 1.29 is 31.9 Å². The minimum absolute atomic E-state index is 0.0148. The van der Waals surface area contributed by atoms with E-state index in [0.717, 1.165) is 6.07 Å². The van der Waals surface area contributed by atoms with Crippen molar-refractivity contribution in [1.82, 2.24) is 0 Å². The Hall–Kier alpha value is -3.00. The predicted molar refractivity (Wildman–Crippen MR) is 100 cm³/mol. The Kier molecular flexibility index (Phi) is 5.83. The zero-order valence-corrected chi connectivity index (χ0v) is 15.8. The topological polar surface area (TPSA) is 65.7 Å². The molecule has 0 aliphatic rings. The van der Waals surface area contributed by atoms with E-state index in [-0.39, 0.29) is 33.9 Å². The van der Waals surface area contributed by atoms with Gasteiger partial charge in [-0.05, 0) is 25.1 Å². The molecule has 2 aromatic carbocycles. The van der Waals surface area contributed by atoms with Crippen LogP contribution in [0.3, 0.4) is 0 Å². The number of benzene rings is 2. The summed E-state index contributed by atoms with van der Waals surface area (Å²) in [6, 6.07) is 9.43. The van der Waals surface area contributed by atoms with E-state index in [9.17, 15) is 22.8 Å². The molecule has 3 rings (SSSR count). The van der Waals surface area contributed by atoms with Crippen LogP contribution in [-0.2, 0) is 15.7 Å². The van der Waals surface area contributed by atoms with E-state index in [0.29, 0.717) is 0 Å². The fraction of sp³-hybridized carbons (Fsp3) is 0.200. The monoisotopic (exact) mass is 426 g/mol. The number of fused-ring (bicyclic) bond motifs is 1. The number of carbonyl (C=O) groups is 1. The van der Waals surface area contributed by atoms with Crippen LogP contribution < -0.4 is 10.2 Å². The lowest BCUT2D eigenvalue weighted by Crippen LogP contribution is -2.17. The molecular weight excluding hydrogens is 413 g/mol. The van der Waals surface area contributed by atoms with Crippen molar-refractivity contribution in [2.45, 2.75) is 13.1 Å². The Labute approximate surface area is 167 Å². The molecule has 1 aromatic heterocycles. The van der Waals surface area contributed by atoms with Crippen LogP contribution in [0.5, 0.6) is 5.75 Å². The van der Waals surface area contributed by atoms with Crippen molar-refractivity contribution >= 4 is 28.5 Å². The molecule has 3 aromatic rings.